The van der Waals surface area contributed by atoms with Gasteiger partial charge < -0.3 is 10.1 Å². The number of hydrogen-bond acceptors (Lipinski definition) is 4. The molecule has 1 fully saturated rings. The molecule has 6 nitrogen and oxygen atoms in total. The molecule has 0 unspecified atom stereocenters. The van der Waals surface area contributed by atoms with E-state index in [0.717, 1.165) is 42.6 Å². The largest absolute Gasteiger partial charge is 0.493 e. The number of nitrogens with one attached hydrogen (secondary N) is 2. The fourth-order valence-corrected chi connectivity index (χ4v) is 4.80. The molecule has 0 radical (unpaired) electrons. The fraction of sp³-hybridized carbons (Fsp3) is 0.435. The first kappa shape index (κ1) is 22.3. The van der Waals surface area contributed by atoms with Gasteiger partial charge in [-0.3, -0.25) is 4.79 Å². The minimum absolute atomic E-state index is 0.0554. The van der Waals surface area contributed by atoms with Crippen LogP contribution in [-0.2, 0) is 21.2 Å². The van der Waals surface area contributed by atoms with E-state index in [0.29, 0.717) is 19.6 Å². The van der Waals surface area contributed by atoms with Gasteiger partial charge in [-0.25, -0.2) is 13.1 Å². The van der Waals surface area contributed by atoms with E-state index in [-0.39, 0.29) is 23.3 Å². The first-order chi connectivity index (χ1) is 14.4. The molecule has 30 heavy (non-hydrogen) atoms. The van der Waals surface area contributed by atoms with Gasteiger partial charge in [-0.05, 0) is 56.0 Å². The van der Waals surface area contributed by atoms with E-state index in [1.165, 1.54) is 0 Å². The Balaban J connectivity index is 1.37. The number of amides is 1. The lowest BCUT2D eigenvalue weighted by atomic mass is 10.1. The lowest BCUT2D eigenvalue weighted by molar-refractivity contribution is -0.121. The summed E-state index contributed by atoms with van der Waals surface area (Å²) in [5.74, 6) is 0.688. The molecule has 1 amide bonds. The second kappa shape index (κ2) is 10.6. The van der Waals surface area contributed by atoms with Gasteiger partial charge in [0, 0.05) is 12.6 Å². The molecule has 162 valence electrons. The fourth-order valence-electron chi connectivity index (χ4n) is 3.50. The third-order valence-electron chi connectivity index (χ3n) is 5.27. The van der Waals surface area contributed by atoms with Crippen LogP contribution < -0.4 is 14.8 Å². The molecule has 0 heterocycles. The van der Waals surface area contributed by atoms with E-state index in [9.17, 15) is 13.2 Å². The van der Waals surface area contributed by atoms with Crippen molar-refractivity contribution in [3.05, 3.63) is 59.7 Å². The van der Waals surface area contributed by atoms with Gasteiger partial charge in [-0.15, -0.1) is 0 Å². The predicted molar refractivity (Wildman–Crippen MR) is 117 cm³/mol. The van der Waals surface area contributed by atoms with Crippen molar-refractivity contribution in [2.45, 2.75) is 56.4 Å². The van der Waals surface area contributed by atoms with Gasteiger partial charge in [0.05, 0.1) is 17.9 Å². The van der Waals surface area contributed by atoms with Gasteiger partial charge in [0.2, 0.25) is 15.9 Å². The molecule has 0 aliphatic heterocycles. The van der Waals surface area contributed by atoms with Crippen molar-refractivity contribution in [2.24, 2.45) is 0 Å². The van der Waals surface area contributed by atoms with Crippen LogP contribution in [0.15, 0.2) is 53.4 Å². The van der Waals surface area contributed by atoms with Crippen LogP contribution in [0, 0.1) is 6.92 Å². The predicted octanol–water partition coefficient (Wildman–Crippen LogP) is 3.34. The van der Waals surface area contributed by atoms with Crippen LogP contribution in [0.25, 0.3) is 0 Å². The van der Waals surface area contributed by atoms with Gasteiger partial charge in [0.25, 0.3) is 0 Å². The Morgan fingerprint density at radius 3 is 2.37 bits per heavy atom. The van der Waals surface area contributed by atoms with Crippen molar-refractivity contribution in [3.63, 3.8) is 0 Å². The van der Waals surface area contributed by atoms with Crippen molar-refractivity contribution >= 4 is 15.9 Å². The average Bonchev–Trinajstić information content (AvgIpc) is 3.22. The molecule has 1 aliphatic carbocycles. The number of carbonyl (C=O) groups is 1. The maximum absolute atomic E-state index is 12.4. The Labute approximate surface area is 179 Å². The number of sulfonamides is 1. The topological polar surface area (TPSA) is 84.5 Å². The van der Waals surface area contributed by atoms with E-state index < -0.39 is 10.0 Å². The van der Waals surface area contributed by atoms with Crippen LogP contribution in [0.5, 0.6) is 5.75 Å². The smallest absolute Gasteiger partial charge is 0.240 e. The molecular formula is C23H30N2O4S. The Kier molecular flexibility index (Phi) is 7.87. The van der Waals surface area contributed by atoms with Gasteiger partial charge in [0.15, 0.2) is 0 Å². The molecule has 2 aromatic rings. The normalized spacial score (nSPS) is 14.6. The first-order valence-electron chi connectivity index (χ1n) is 10.5. The summed E-state index contributed by atoms with van der Waals surface area (Å²) in [4.78, 5) is 12.2. The van der Waals surface area contributed by atoms with Crippen molar-refractivity contribution in [1.29, 1.82) is 0 Å². The van der Waals surface area contributed by atoms with E-state index >= 15 is 0 Å². The molecule has 0 bridgehead atoms. The number of ether oxygens (including phenoxy) is 1. The molecule has 0 aromatic heterocycles. The summed E-state index contributed by atoms with van der Waals surface area (Å²) in [5.41, 5.74) is 2.14. The number of carbonyl (C=O) groups excluding carboxylic acids is 1. The lowest BCUT2D eigenvalue weighted by Gasteiger charge is -2.13. The van der Waals surface area contributed by atoms with Gasteiger partial charge in [-0.2, -0.15) is 0 Å². The highest BCUT2D eigenvalue weighted by Gasteiger charge is 2.22. The summed E-state index contributed by atoms with van der Waals surface area (Å²) in [5, 5.41) is 2.87. The Hall–Kier alpha value is -2.38. The second-order valence-corrected chi connectivity index (χ2v) is 9.47. The third kappa shape index (κ3) is 6.85. The summed E-state index contributed by atoms with van der Waals surface area (Å²) in [6, 6.07) is 14.6. The summed E-state index contributed by atoms with van der Waals surface area (Å²) < 4.78 is 33.2. The quantitative estimate of drug-likeness (QED) is 0.605. The van der Waals surface area contributed by atoms with E-state index in [1.54, 1.807) is 24.3 Å². The van der Waals surface area contributed by atoms with Gasteiger partial charge in [0.1, 0.15) is 5.75 Å². The van der Waals surface area contributed by atoms with Crippen LogP contribution in [0.2, 0.25) is 0 Å². The Morgan fingerprint density at radius 1 is 1.03 bits per heavy atom. The van der Waals surface area contributed by atoms with Crippen LogP contribution in [0.4, 0.5) is 0 Å². The number of benzene rings is 2. The Bertz CT molecular complexity index is 919. The minimum atomic E-state index is -3.46. The molecule has 2 N–H and O–H groups in total. The second-order valence-electron chi connectivity index (χ2n) is 7.76. The molecule has 7 heteroatoms. The highest BCUT2D eigenvalue weighted by Crippen LogP contribution is 2.20. The molecule has 1 saturated carbocycles. The highest BCUT2D eigenvalue weighted by atomic mass is 32.2. The molecule has 0 spiro atoms. The monoisotopic (exact) mass is 430 g/mol. The third-order valence-corrected chi connectivity index (χ3v) is 6.80. The van der Waals surface area contributed by atoms with E-state index in [4.69, 9.17) is 4.74 Å². The Morgan fingerprint density at radius 2 is 1.70 bits per heavy atom. The van der Waals surface area contributed by atoms with Gasteiger partial charge >= 0.3 is 0 Å². The van der Waals surface area contributed by atoms with Crippen LogP contribution >= 0.6 is 0 Å². The number of hydrogen-bond donors (Lipinski definition) is 2. The zero-order valence-corrected chi connectivity index (χ0v) is 18.2. The molecule has 2 aromatic carbocycles. The maximum Gasteiger partial charge on any atom is 0.240 e. The highest BCUT2D eigenvalue weighted by molar-refractivity contribution is 7.89. The maximum atomic E-state index is 12.4. The summed E-state index contributed by atoms with van der Waals surface area (Å²) in [6.07, 6.45) is 4.91. The van der Waals surface area contributed by atoms with E-state index in [2.05, 4.69) is 10.0 Å². The van der Waals surface area contributed by atoms with Crippen molar-refractivity contribution in [2.75, 3.05) is 13.2 Å². The summed E-state index contributed by atoms with van der Waals surface area (Å²) in [7, 11) is -3.46. The van der Waals surface area contributed by atoms with Crippen molar-refractivity contribution in [3.8, 4) is 5.75 Å². The van der Waals surface area contributed by atoms with Crippen LogP contribution in [0.1, 0.15) is 43.2 Å². The molecule has 0 saturated heterocycles. The lowest BCUT2D eigenvalue weighted by Crippen LogP contribution is -2.32. The van der Waals surface area contributed by atoms with Crippen LogP contribution in [0.3, 0.4) is 0 Å². The molecule has 3 rings (SSSR count). The average molecular weight is 431 g/mol. The molecule has 1 aliphatic rings. The zero-order chi connectivity index (χ0) is 21.4. The standard InChI is InChI=1S/C23H30N2O4S/c1-18-6-10-21(11-7-18)29-17-15-23(26)24-16-14-19-8-12-22(13-9-19)30(27,28)25-20-4-2-3-5-20/h6-13,20,25H,2-5,14-17H2,1H3,(H,24,26). The van der Waals surface area contributed by atoms with E-state index in [1.807, 2.05) is 31.2 Å². The number of aryl methyl sites for hydroxylation is 1. The molecular weight excluding hydrogens is 400 g/mol. The SMILES string of the molecule is Cc1ccc(OCCC(=O)NCCc2ccc(S(=O)(=O)NC3CCCC3)cc2)cc1. The van der Waals surface area contributed by atoms with Crippen molar-refractivity contribution < 1.29 is 17.9 Å². The van der Waals surface area contributed by atoms with Crippen LogP contribution in [-0.4, -0.2) is 33.5 Å². The molecule has 0 atom stereocenters. The summed E-state index contributed by atoms with van der Waals surface area (Å²) >= 11 is 0. The minimum Gasteiger partial charge on any atom is -0.493 e. The first-order valence-corrected chi connectivity index (χ1v) is 12.0. The number of rotatable bonds is 10. The summed E-state index contributed by atoms with van der Waals surface area (Å²) in [6.45, 7) is 2.84. The van der Waals surface area contributed by atoms with Crippen molar-refractivity contribution in [1.82, 2.24) is 10.0 Å². The van der Waals surface area contributed by atoms with Gasteiger partial charge in [-0.1, -0.05) is 42.7 Å². The zero-order valence-electron chi connectivity index (χ0n) is 17.4.